The van der Waals surface area contributed by atoms with Crippen LogP contribution in [0.5, 0.6) is 0 Å². The molecule has 4 nitrogen and oxygen atoms in total. The van der Waals surface area contributed by atoms with Crippen LogP contribution in [-0.2, 0) is 0 Å². The van der Waals surface area contributed by atoms with Gasteiger partial charge in [0.05, 0.1) is 56.7 Å². The standard InChI is InChI=1S/C52H33FN4/c1-32-11-3-5-13-38(32)36-20-23-42-40-15-7-9-17-46(40)56(48(42)28-36)50-26-35(31-55)27-51(52(50)44-22-19-34(30-54)25-45(44)53)57-47-18-10-8-16-41(47)43-24-21-37(29-49(43)57)39-14-6-4-12-33(39)2/h3-29H,1-2H3. The van der Waals surface area contributed by atoms with Crippen LogP contribution in [-0.4, -0.2) is 9.13 Å². The highest BCUT2D eigenvalue weighted by atomic mass is 19.1. The third-order valence-electron chi connectivity index (χ3n) is 11.3. The molecule has 57 heavy (non-hydrogen) atoms. The van der Waals surface area contributed by atoms with E-state index in [4.69, 9.17) is 0 Å². The Morgan fingerprint density at radius 1 is 0.421 bits per heavy atom. The largest absolute Gasteiger partial charge is 0.308 e. The molecular weight excluding hydrogens is 700 g/mol. The summed E-state index contributed by atoms with van der Waals surface area (Å²) in [4.78, 5) is 0. The quantitative estimate of drug-likeness (QED) is 0.177. The third-order valence-corrected chi connectivity index (χ3v) is 11.3. The average Bonchev–Trinajstić information content (AvgIpc) is 3.75. The normalized spacial score (nSPS) is 11.4. The average molecular weight is 733 g/mol. The van der Waals surface area contributed by atoms with Gasteiger partial charge < -0.3 is 9.13 Å². The van der Waals surface area contributed by atoms with Gasteiger partial charge in [0.25, 0.3) is 0 Å². The molecule has 0 amide bonds. The second-order valence-electron chi connectivity index (χ2n) is 14.6. The fraction of sp³-hybridized carbons (Fsp3) is 0.0385. The zero-order valence-electron chi connectivity index (χ0n) is 31.3. The van der Waals surface area contributed by atoms with Gasteiger partial charge in [0, 0.05) is 32.7 Å². The summed E-state index contributed by atoms with van der Waals surface area (Å²) in [6.07, 6.45) is 0. The molecule has 0 atom stereocenters. The van der Waals surface area contributed by atoms with Crippen molar-refractivity contribution in [2.45, 2.75) is 13.8 Å². The third kappa shape index (κ3) is 5.33. The maximum Gasteiger partial charge on any atom is 0.132 e. The Morgan fingerprint density at radius 3 is 1.35 bits per heavy atom. The minimum atomic E-state index is -0.524. The number of benzene rings is 8. The summed E-state index contributed by atoms with van der Waals surface area (Å²) in [5.41, 5.74) is 13.3. The van der Waals surface area contributed by atoms with Crippen molar-refractivity contribution < 1.29 is 4.39 Å². The molecule has 0 bridgehead atoms. The van der Waals surface area contributed by atoms with Crippen molar-refractivity contribution in [2.24, 2.45) is 0 Å². The van der Waals surface area contributed by atoms with Crippen LogP contribution >= 0.6 is 0 Å². The fourth-order valence-electron chi connectivity index (χ4n) is 8.68. The van der Waals surface area contributed by atoms with E-state index < -0.39 is 5.82 Å². The lowest BCUT2D eigenvalue weighted by molar-refractivity contribution is 0.630. The molecular formula is C52H33FN4. The lowest BCUT2D eigenvalue weighted by Crippen LogP contribution is -2.06. The number of aryl methyl sites for hydroxylation is 2. The minimum Gasteiger partial charge on any atom is -0.308 e. The molecule has 8 aromatic carbocycles. The molecule has 0 unspecified atom stereocenters. The van der Waals surface area contributed by atoms with E-state index in [9.17, 15) is 10.5 Å². The van der Waals surface area contributed by atoms with E-state index in [1.54, 1.807) is 12.1 Å². The number of aromatic nitrogens is 2. The Hall–Kier alpha value is -7.73. The van der Waals surface area contributed by atoms with Gasteiger partial charge in [0.1, 0.15) is 5.82 Å². The SMILES string of the molecule is Cc1ccccc1-c1ccc2c3ccccc3n(-c3cc(C#N)cc(-n4c5ccccc5c5ccc(-c6ccccc6C)cc54)c3-c3ccc(C#N)cc3F)c2c1. The van der Waals surface area contributed by atoms with Crippen molar-refractivity contribution in [3.8, 4) is 56.9 Å². The minimum absolute atomic E-state index is 0.229. The Balaban J connectivity index is 1.39. The van der Waals surface area contributed by atoms with E-state index in [1.807, 2.05) is 60.7 Å². The maximum atomic E-state index is 16.8. The zero-order chi connectivity index (χ0) is 38.8. The van der Waals surface area contributed by atoms with Crippen molar-refractivity contribution in [1.82, 2.24) is 9.13 Å². The Morgan fingerprint density at radius 2 is 0.877 bits per heavy atom. The summed E-state index contributed by atoms with van der Waals surface area (Å²) < 4.78 is 21.2. The second kappa shape index (κ2) is 13.2. The number of nitriles is 2. The molecule has 2 aromatic heterocycles. The summed E-state index contributed by atoms with van der Waals surface area (Å²) >= 11 is 0. The van der Waals surface area contributed by atoms with Crippen molar-refractivity contribution in [3.05, 3.63) is 192 Å². The topological polar surface area (TPSA) is 57.4 Å². The Labute approximate surface area is 329 Å². The van der Waals surface area contributed by atoms with Crippen LogP contribution in [0.3, 0.4) is 0 Å². The van der Waals surface area contributed by atoms with Gasteiger partial charge in [-0.1, -0.05) is 109 Å². The van der Waals surface area contributed by atoms with E-state index in [0.717, 1.165) is 77.0 Å². The predicted molar refractivity (Wildman–Crippen MR) is 230 cm³/mol. The monoisotopic (exact) mass is 732 g/mol. The molecule has 0 radical (unpaired) electrons. The van der Waals surface area contributed by atoms with Gasteiger partial charge in [-0.25, -0.2) is 4.39 Å². The van der Waals surface area contributed by atoms with Crippen LogP contribution in [0, 0.1) is 42.3 Å². The molecule has 0 spiro atoms. The van der Waals surface area contributed by atoms with Gasteiger partial charge in [0.2, 0.25) is 0 Å². The lowest BCUT2D eigenvalue weighted by Gasteiger charge is -2.21. The van der Waals surface area contributed by atoms with Gasteiger partial charge in [-0.2, -0.15) is 10.5 Å². The molecule has 0 aliphatic heterocycles. The highest BCUT2D eigenvalue weighted by Crippen LogP contribution is 2.45. The number of hydrogen-bond donors (Lipinski definition) is 0. The lowest BCUT2D eigenvalue weighted by atomic mass is 9.96. The number of hydrogen-bond acceptors (Lipinski definition) is 2. The molecule has 10 aromatic rings. The summed E-state index contributed by atoms with van der Waals surface area (Å²) in [6.45, 7) is 4.22. The number of nitrogens with zero attached hydrogens (tertiary/aromatic N) is 4. The molecule has 0 N–H and O–H groups in total. The first-order valence-electron chi connectivity index (χ1n) is 18.9. The van der Waals surface area contributed by atoms with Gasteiger partial charge >= 0.3 is 0 Å². The predicted octanol–water partition coefficient (Wildman–Crippen LogP) is 13.4. The van der Waals surface area contributed by atoms with Gasteiger partial charge in [0.15, 0.2) is 0 Å². The second-order valence-corrected chi connectivity index (χ2v) is 14.6. The van der Waals surface area contributed by atoms with Crippen molar-refractivity contribution in [1.29, 1.82) is 10.5 Å². The maximum absolute atomic E-state index is 16.8. The van der Waals surface area contributed by atoms with E-state index in [0.29, 0.717) is 28.1 Å². The molecule has 0 aliphatic carbocycles. The van der Waals surface area contributed by atoms with Crippen LogP contribution in [0.2, 0.25) is 0 Å². The Bertz CT molecular complexity index is 3180. The van der Waals surface area contributed by atoms with E-state index in [-0.39, 0.29) is 5.56 Å². The number of para-hydroxylation sites is 2. The van der Waals surface area contributed by atoms with Crippen LogP contribution in [0.15, 0.2) is 164 Å². The van der Waals surface area contributed by atoms with Crippen LogP contribution < -0.4 is 0 Å². The zero-order valence-corrected chi connectivity index (χ0v) is 31.3. The van der Waals surface area contributed by atoms with Crippen LogP contribution in [0.1, 0.15) is 22.3 Å². The molecule has 0 fully saturated rings. The van der Waals surface area contributed by atoms with Crippen molar-refractivity contribution >= 4 is 43.6 Å². The smallest absolute Gasteiger partial charge is 0.132 e. The van der Waals surface area contributed by atoms with Crippen molar-refractivity contribution in [3.63, 3.8) is 0 Å². The molecule has 2 heterocycles. The van der Waals surface area contributed by atoms with Gasteiger partial charge in [-0.3, -0.25) is 0 Å². The summed E-state index contributed by atoms with van der Waals surface area (Å²) in [5, 5.41) is 24.7. The molecule has 0 saturated carbocycles. The summed E-state index contributed by atoms with van der Waals surface area (Å²) in [7, 11) is 0. The number of halogens is 1. The molecule has 0 saturated heterocycles. The molecule has 10 rings (SSSR count). The first-order chi connectivity index (χ1) is 27.9. The number of rotatable bonds is 5. The summed E-state index contributed by atoms with van der Waals surface area (Å²) in [6, 6.07) is 59.1. The Kier molecular flexibility index (Phi) is 7.85. The highest BCUT2D eigenvalue weighted by molar-refractivity contribution is 6.13. The van der Waals surface area contributed by atoms with Crippen LogP contribution in [0.4, 0.5) is 4.39 Å². The van der Waals surface area contributed by atoms with Crippen molar-refractivity contribution in [2.75, 3.05) is 0 Å². The number of fused-ring (bicyclic) bond motifs is 6. The first-order valence-corrected chi connectivity index (χ1v) is 18.9. The molecule has 5 heteroatoms. The van der Waals surface area contributed by atoms with Gasteiger partial charge in [-0.05, 0) is 102 Å². The van der Waals surface area contributed by atoms with E-state index in [1.165, 1.54) is 6.07 Å². The highest BCUT2D eigenvalue weighted by Gasteiger charge is 2.25. The fourth-order valence-corrected chi connectivity index (χ4v) is 8.68. The van der Waals surface area contributed by atoms with Gasteiger partial charge in [-0.15, -0.1) is 0 Å². The summed E-state index contributed by atoms with van der Waals surface area (Å²) in [5.74, 6) is -0.524. The van der Waals surface area contributed by atoms with E-state index in [2.05, 4.69) is 120 Å². The molecule has 268 valence electrons. The van der Waals surface area contributed by atoms with E-state index >= 15 is 4.39 Å². The molecule has 0 aliphatic rings. The first kappa shape index (κ1) is 33.8. The van der Waals surface area contributed by atoms with Crippen LogP contribution in [0.25, 0.3) is 88.4 Å².